The van der Waals surface area contributed by atoms with Gasteiger partial charge in [0.25, 0.3) is 5.91 Å². The van der Waals surface area contributed by atoms with Gasteiger partial charge in [0.1, 0.15) is 5.65 Å². The maximum atomic E-state index is 12.4. The second-order valence-corrected chi connectivity index (χ2v) is 7.01. The monoisotopic (exact) mass is 442 g/mol. The topological polar surface area (TPSA) is 102 Å². The number of imidazole rings is 1. The highest BCUT2D eigenvalue weighted by atomic mass is 16.5. The van der Waals surface area contributed by atoms with Gasteiger partial charge in [-0.3, -0.25) is 9.20 Å². The van der Waals surface area contributed by atoms with Crippen LogP contribution in [-0.4, -0.2) is 35.7 Å². The number of pyridine rings is 1. The van der Waals surface area contributed by atoms with Crippen LogP contribution in [0.5, 0.6) is 11.5 Å². The van der Waals surface area contributed by atoms with E-state index in [1.807, 2.05) is 41.8 Å². The van der Waals surface area contributed by atoms with E-state index < -0.39 is 0 Å². The summed E-state index contributed by atoms with van der Waals surface area (Å²) in [5.41, 5.74) is 5.92. The van der Waals surface area contributed by atoms with E-state index >= 15 is 0 Å². The molecule has 4 aromatic rings. The van der Waals surface area contributed by atoms with Crippen LogP contribution in [0.2, 0.25) is 0 Å². The number of nitrogens with zero attached hydrogens (tertiary/aromatic N) is 5. The summed E-state index contributed by atoms with van der Waals surface area (Å²) in [5, 5.41) is 12.6. The second kappa shape index (κ2) is 9.73. The van der Waals surface area contributed by atoms with E-state index in [1.165, 1.54) is 6.21 Å². The van der Waals surface area contributed by atoms with Crippen LogP contribution in [0.25, 0.3) is 5.65 Å². The first-order chi connectivity index (χ1) is 16.1. The SMILES string of the molecule is COc1ccc(/C=N/NC(=O)c2ccc(N=Nc3c(C)nc4ccccn34)cc2)cc1OC. The first-order valence-corrected chi connectivity index (χ1v) is 10.1. The summed E-state index contributed by atoms with van der Waals surface area (Å²) in [4.78, 5) is 16.8. The smallest absolute Gasteiger partial charge is 0.271 e. The predicted molar refractivity (Wildman–Crippen MR) is 125 cm³/mol. The number of methoxy groups -OCH3 is 2. The highest BCUT2D eigenvalue weighted by Crippen LogP contribution is 2.27. The van der Waals surface area contributed by atoms with Crippen LogP contribution in [0.4, 0.5) is 11.5 Å². The van der Waals surface area contributed by atoms with Crippen LogP contribution in [0, 0.1) is 6.92 Å². The summed E-state index contributed by atoms with van der Waals surface area (Å²) in [5.74, 6) is 1.52. The van der Waals surface area contributed by atoms with Crippen LogP contribution < -0.4 is 14.9 Å². The molecule has 0 spiro atoms. The van der Waals surface area contributed by atoms with E-state index in [2.05, 4.69) is 25.7 Å². The average Bonchev–Trinajstić information content (AvgIpc) is 3.17. The van der Waals surface area contributed by atoms with Crippen LogP contribution in [0.15, 0.2) is 82.2 Å². The van der Waals surface area contributed by atoms with Gasteiger partial charge in [-0.05, 0) is 67.1 Å². The van der Waals surface area contributed by atoms with E-state index in [4.69, 9.17) is 9.47 Å². The molecule has 0 radical (unpaired) electrons. The van der Waals surface area contributed by atoms with Crippen molar-refractivity contribution in [1.29, 1.82) is 0 Å². The maximum Gasteiger partial charge on any atom is 0.271 e. The first kappa shape index (κ1) is 21.7. The zero-order chi connectivity index (χ0) is 23.2. The first-order valence-electron chi connectivity index (χ1n) is 10.1. The summed E-state index contributed by atoms with van der Waals surface area (Å²) in [6.45, 7) is 1.89. The van der Waals surface area contributed by atoms with Gasteiger partial charge in [-0.15, -0.1) is 10.2 Å². The third kappa shape index (κ3) is 4.87. The molecule has 166 valence electrons. The Hall–Kier alpha value is -4.53. The molecule has 2 heterocycles. The van der Waals surface area contributed by atoms with Crippen molar-refractivity contribution in [2.45, 2.75) is 6.92 Å². The number of ether oxygens (including phenoxy) is 2. The van der Waals surface area contributed by atoms with Gasteiger partial charge in [0.05, 0.1) is 31.8 Å². The molecule has 0 aliphatic carbocycles. The number of rotatable bonds is 7. The van der Waals surface area contributed by atoms with Gasteiger partial charge in [-0.25, -0.2) is 10.4 Å². The molecule has 33 heavy (non-hydrogen) atoms. The molecule has 1 amide bonds. The number of azo groups is 1. The number of fused-ring (bicyclic) bond motifs is 1. The number of carbonyl (C=O) groups is 1. The van der Waals surface area contributed by atoms with Gasteiger partial charge >= 0.3 is 0 Å². The van der Waals surface area contributed by atoms with Crippen molar-refractivity contribution in [2.75, 3.05) is 14.2 Å². The Bertz CT molecular complexity index is 1340. The molecule has 0 aliphatic rings. The lowest BCUT2D eigenvalue weighted by molar-refractivity contribution is 0.0955. The molecule has 0 aliphatic heterocycles. The highest BCUT2D eigenvalue weighted by Gasteiger charge is 2.08. The van der Waals surface area contributed by atoms with Gasteiger partial charge in [-0.1, -0.05) is 6.07 Å². The van der Waals surface area contributed by atoms with Crippen molar-refractivity contribution < 1.29 is 14.3 Å². The number of aromatic nitrogens is 2. The molecular weight excluding hydrogens is 420 g/mol. The van der Waals surface area contributed by atoms with E-state index in [1.54, 1.807) is 50.6 Å². The number of hydrogen-bond donors (Lipinski definition) is 1. The van der Waals surface area contributed by atoms with E-state index in [-0.39, 0.29) is 5.91 Å². The molecule has 9 nitrogen and oxygen atoms in total. The fourth-order valence-electron chi connectivity index (χ4n) is 3.17. The summed E-state index contributed by atoms with van der Waals surface area (Å²) in [6, 6.07) is 17.8. The molecule has 0 fully saturated rings. The minimum atomic E-state index is -0.340. The number of nitrogens with one attached hydrogen (secondary N) is 1. The number of carbonyl (C=O) groups excluding carboxylic acids is 1. The van der Waals surface area contributed by atoms with Crippen molar-refractivity contribution in [3.63, 3.8) is 0 Å². The fraction of sp³-hybridized carbons (Fsp3) is 0.125. The summed E-state index contributed by atoms with van der Waals surface area (Å²) in [6.07, 6.45) is 3.42. The summed E-state index contributed by atoms with van der Waals surface area (Å²) in [7, 11) is 3.13. The highest BCUT2D eigenvalue weighted by molar-refractivity contribution is 5.95. The Morgan fingerprint density at radius 3 is 2.55 bits per heavy atom. The lowest BCUT2D eigenvalue weighted by atomic mass is 10.2. The molecule has 0 saturated heterocycles. The van der Waals surface area contributed by atoms with Crippen LogP contribution in [-0.2, 0) is 0 Å². The van der Waals surface area contributed by atoms with E-state index in [9.17, 15) is 4.79 Å². The second-order valence-electron chi connectivity index (χ2n) is 7.01. The Morgan fingerprint density at radius 1 is 1.00 bits per heavy atom. The third-order valence-corrected chi connectivity index (χ3v) is 4.85. The Labute approximate surface area is 190 Å². The molecule has 2 aromatic carbocycles. The van der Waals surface area contributed by atoms with Gasteiger partial charge in [-0.2, -0.15) is 5.10 Å². The molecule has 9 heteroatoms. The largest absolute Gasteiger partial charge is 0.493 e. The van der Waals surface area contributed by atoms with Crippen LogP contribution in [0.3, 0.4) is 0 Å². The molecule has 2 aromatic heterocycles. The quantitative estimate of drug-likeness (QED) is 0.251. The van der Waals surface area contributed by atoms with Crippen molar-refractivity contribution >= 4 is 29.3 Å². The van der Waals surface area contributed by atoms with Gasteiger partial charge in [0.15, 0.2) is 17.3 Å². The Kier molecular flexibility index (Phi) is 6.40. The molecule has 4 rings (SSSR count). The van der Waals surface area contributed by atoms with Crippen molar-refractivity contribution in [2.24, 2.45) is 15.3 Å². The number of aryl methyl sites for hydroxylation is 1. The third-order valence-electron chi connectivity index (χ3n) is 4.85. The predicted octanol–water partition coefficient (Wildman–Crippen LogP) is 4.84. The zero-order valence-electron chi connectivity index (χ0n) is 18.4. The normalized spacial score (nSPS) is 11.4. The fourth-order valence-corrected chi connectivity index (χ4v) is 3.17. The van der Waals surface area contributed by atoms with Gasteiger partial charge in [0, 0.05) is 11.8 Å². The molecular formula is C24H22N6O3. The minimum absolute atomic E-state index is 0.340. The number of amides is 1. The van der Waals surface area contributed by atoms with Crippen molar-refractivity contribution in [3.8, 4) is 11.5 Å². The van der Waals surface area contributed by atoms with Crippen LogP contribution >= 0.6 is 0 Å². The van der Waals surface area contributed by atoms with E-state index in [0.29, 0.717) is 28.6 Å². The number of hydrogen-bond acceptors (Lipinski definition) is 7. The number of hydrazone groups is 1. The number of benzene rings is 2. The minimum Gasteiger partial charge on any atom is -0.493 e. The Morgan fingerprint density at radius 2 is 1.79 bits per heavy atom. The molecule has 0 saturated carbocycles. The van der Waals surface area contributed by atoms with Crippen LogP contribution in [0.1, 0.15) is 21.6 Å². The zero-order valence-corrected chi connectivity index (χ0v) is 18.4. The van der Waals surface area contributed by atoms with Crippen molar-refractivity contribution in [1.82, 2.24) is 14.8 Å². The van der Waals surface area contributed by atoms with Gasteiger partial charge < -0.3 is 9.47 Å². The standard InChI is InChI=1S/C24H22N6O3/c1-16-23(30-13-5-4-6-22(30)26-16)28-27-19-10-8-18(9-11-19)24(31)29-25-15-17-7-12-20(32-2)21(14-17)33-3/h4-15H,1-3H3,(H,29,31)/b25-15+,28-27?. The average molecular weight is 442 g/mol. The summed E-state index contributed by atoms with van der Waals surface area (Å²) >= 11 is 0. The lowest BCUT2D eigenvalue weighted by Gasteiger charge is -2.07. The molecule has 1 N–H and O–H groups in total. The molecule has 0 bridgehead atoms. The van der Waals surface area contributed by atoms with E-state index in [0.717, 1.165) is 16.9 Å². The lowest BCUT2D eigenvalue weighted by Crippen LogP contribution is -2.17. The maximum absolute atomic E-state index is 12.4. The Balaban J connectivity index is 1.40. The molecule has 0 unspecified atom stereocenters. The van der Waals surface area contributed by atoms with Crippen molar-refractivity contribution in [3.05, 3.63) is 83.7 Å². The summed E-state index contributed by atoms with van der Waals surface area (Å²) < 4.78 is 12.3. The van der Waals surface area contributed by atoms with Gasteiger partial charge in [0.2, 0.25) is 0 Å². The molecule has 0 atom stereocenters.